The number of benzene rings is 2. The summed E-state index contributed by atoms with van der Waals surface area (Å²) in [6, 6.07) is 12.5. The van der Waals surface area contributed by atoms with Crippen LogP contribution in [0.5, 0.6) is 11.5 Å². The third-order valence-corrected chi connectivity index (χ3v) is 6.63. The second-order valence-electron chi connectivity index (χ2n) is 9.82. The van der Waals surface area contributed by atoms with Crippen molar-refractivity contribution < 1.29 is 29.1 Å². The van der Waals surface area contributed by atoms with Gasteiger partial charge < -0.3 is 30.2 Å². The molecule has 2 amide bonds. The fraction of sp³-hybridized carbons (Fsp3) is 0.481. The summed E-state index contributed by atoms with van der Waals surface area (Å²) >= 11 is 0. The number of rotatable bonds is 11. The molecule has 0 fully saturated rings. The van der Waals surface area contributed by atoms with Crippen molar-refractivity contribution >= 4 is 18.9 Å². The molecule has 0 aromatic heterocycles. The van der Waals surface area contributed by atoms with E-state index in [2.05, 4.69) is 10.6 Å². The summed E-state index contributed by atoms with van der Waals surface area (Å²) < 4.78 is 10.8. The van der Waals surface area contributed by atoms with Crippen molar-refractivity contribution in [1.29, 1.82) is 0 Å². The fourth-order valence-electron chi connectivity index (χ4n) is 4.70. The average molecular weight is 496 g/mol. The Hall–Kier alpha value is -3.04. The maximum Gasteiger partial charge on any atom is 0.475 e. The molecule has 9 heteroatoms. The first-order chi connectivity index (χ1) is 17.2. The van der Waals surface area contributed by atoms with Gasteiger partial charge in [-0.2, -0.15) is 0 Å². The maximum absolute atomic E-state index is 13.3. The summed E-state index contributed by atoms with van der Waals surface area (Å²) in [5, 5.41) is 25.2. The Morgan fingerprint density at radius 3 is 2.25 bits per heavy atom. The molecule has 2 aromatic carbocycles. The van der Waals surface area contributed by atoms with E-state index in [9.17, 15) is 19.6 Å². The molecule has 0 saturated carbocycles. The predicted octanol–water partition coefficient (Wildman–Crippen LogP) is 2.08. The van der Waals surface area contributed by atoms with Gasteiger partial charge in [-0.05, 0) is 60.4 Å². The molecule has 3 rings (SSSR count). The second-order valence-corrected chi connectivity index (χ2v) is 9.82. The molecule has 1 aliphatic rings. The van der Waals surface area contributed by atoms with Crippen LogP contribution >= 0.6 is 0 Å². The van der Waals surface area contributed by atoms with E-state index < -0.39 is 25.0 Å². The van der Waals surface area contributed by atoms with Crippen LogP contribution in [0.2, 0.25) is 0 Å². The molecular weight excluding hydrogens is 459 g/mol. The van der Waals surface area contributed by atoms with Crippen LogP contribution in [0.3, 0.4) is 0 Å². The Kier molecular flexibility index (Phi) is 9.78. The number of ether oxygens (including phenoxy) is 2. The number of carbonyl (C=O) groups excluding carboxylic acids is 2. The topological polar surface area (TPSA) is 117 Å². The summed E-state index contributed by atoms with van der Waals surface area (Å²) in [5.41, 5.74) is 3.06. The molecule has 2 aromatic rings. The molecular formula is C27H37BN2O6. The quantitative estimate of drug-likeness (QED) is 0.354. The highest BCUT2D eigenvalue weighted by molar-refractivity contribution is 6.43. The van der Waals surface area contributed by atoms with Gasteiger partial charge in [0.1, 0.15) is 6.04 Å². The first-order valence-corrected chi connectivity index (χ1v) is 12.5. The average Bonchev–Trinajstić information content (AvgIpc) is 2.86. The van der Waals surface area contributed by atoms with E-state index in [1.165, 1.54) is 0 Å². The van der Waals surface area contributed by atoms with E-state index in [-0.39, 0.29) is 17.7 Å². The third-order valence-electron chi connectivity index (χ3n) is 6.63. The van der Waals surface area contributed by atoms with Crippen LogP contribution in [0.15, 0.2) is 42.5 Å². The molecule has 0 bridgehead atoms. The Balaban J connectivity index is 1.76. The lowest BCUT2D eigenvalue weighted by Crippen LogP contribution is -2.55. The third kappa shape index (κ3) is 7.24. The van der Waals surface area contributed by atoms with Gasteiger partial charge in [0.15, 0.2) is 11.5 Å². The van der Waals surface area contributed by atoms with E-state index >= 15 is 0 Å². The molecule has 36 heavy (non-hydrogen) atoms. The summed E-state index contributed by atoms with van der Waals surface area (Å²) in [5.74, 6) is -0.311. The highest BCUT2D eigenvalue weighted by Crippen LogP contribution is 2.35. The molecule has 1 unspecified atom stereocenters. The van der Waals surface area contributed by atoms with Gasteiger partial charge in [-0.15, -0.1) is 0 Å². The number of hydrogen-bond acceptors (Lipinski definition) is 6. The zero-order valence-electron chi connectivity index (χ0n) is 21.5. The summed E-state index contributed by atoms with van der Waals surface area (Å²) in [6.07, 6.45) is 2.60. The highest BCUT2D eigenvalue weighted by Gasteiger charge is 2.32. The van der Waals surface area contributed by atoms with Gasteiger partial charge in [0.05, 0.1) is 20.2 Å². The van der Waals surface area contributed by atoms with Gasteiger partial charge in [-0.3, -0.25) is 9.59 Å². The van der Waals surface area contributed by atoms with Crippen LogP contribution in [0.25, 0.3) is 0 Å². The lowest BCUT2D eigenvalue weighted by Gasteiger charge is -2.28. The van der Waals surface area contributed by atoms with E-state index in [0.29, 0.717) is 37.2 Å². The SMILES string of the molecule is COc1cc2c(cc1OC)CC(C(=O)N[C@@H](Cc1ccccc1)C(=O)N[C@@H](CC(C)C)B(O)O)CC2. The van der Waals surface area contributed by atoms with E-state index in [1.807, 2.05) is 56.3 Å². The molecule has 0 saturated heterocycles. The minimum absolute atomic E-state index is 0.150. The Morgan fingerprint density at radius 2 is 1.67 bits per heavy atom. The van der Waals surface area contributed by atoms with Crippen LogP contribution in [-0.4, -0.2) is 55.2 Å². The van der Waals surface area contributed by atoms with Crippen molar-refractivity contribution in [3.8, 4) is 11.5 Å². The smallest absolute Gasteiger partial charge is 0.475 e. The second kappa shape index (κ2) is 12.8. The van der Waals surface area contributed by atoms with Crippen molar-refractivity contribution in [2.24, 2.45) is 11.8 Å². The van der Waals surface area contributed by atoms with Crippen LogP contribution < -0.4 is 20.1 Å². The van der Waals surface area contributed by atoms with Crippen LogP contribution in [0.4, 0.5) is 0 Å². The van der Waals surface area contributed by atoms with Crippen LogP contribution in [-0.2, 0) is 28.9 Å². The largest absolute Gasteiger partial charge is 0.493 e. The molecule has 0 radical (unpaired) electrons. The van der Waals surface area contributed by atoms with Gasteiger partial charge in [-0.1, -0.05) is 44.2 Å². The monoisotopic (exact) mass is 496 g/mol. The predicted molar refractivity (Wildman–Crippen MR) is 139 cm³/mol. The lowest BCUT2D eigenvalue weighted by molar-refractivity contribution is -0.131. The summed E-state index contributed by atoms with van der Waals surface area (Å²) in [4.78, 5) is 26.6. The number of carbonyl (C=O) groups is 2. The normalized spacial score (nSPS) is 16.5. The van der Waals surface area contributed by atoms with E-state index in [0.717, 1.165) is 23.1 Å². The van der Waals surface area contributed by atoms with Crippen molar-refractivity contribution in [3.05, 3.63) is 59.2 Å². The number of methoxy groups -OCH3 is 2. The lowest BCUT2D eigenvalue weighted by atomic mass is 9.75. The van der Waals surface area contributed by atoms with Gasteiger partial charge in [0, 0.05) is 12.3 Å². The van der Waals surface area contributed by atoms with Crippen molar-refractivity contribution in [2.75, 3.05) is 14.2 Å². The Labute approximate surface area is 213 Å². The van der Waals surface area contributed by atoms with Gasteiger partial charge in [0.2, 0.25) is 11.8 Å². The van der Waals surface area contributed by atoms with E-state index in [1.54, 1.807) is 14.2 Å². The Bertz CT molecular complexity index is 1030. The van der Waals surface area contributed by atoms with Crippen molar-refractivity contribution in [2.45, 2.75) is 57.9 Å². The van der Waals surface area contributed by atoms with Gasteiger partial charge >= 0.3 is 7.12 Å². The molecule has 0 heterocycles. The highest BCUT2D eigenvalue weighted by atomic mass is 16.5. The molecule has 4 N–H and O–H groups in total. The zero-order chi connectivity index (χ0) is 26.2. The van der Waals surface area contributed by atoms with Crippen LogP contribution in [0.1, 0.15) is 43.4 Å². The molecule has 8 nitrogen and oxygen atoms in total. The molecule has 0 aliphatic heterocycles. The van der Waals surface area contributed by atoms with Gasteiger partial charge in [0.25, 0.3) is 0 Å². The minimum atomic E-state index is -1.69. The van der Waals surface area contributed by atoms with Crippen LogP contribution in [0, 0.1) is 11.8 Å². The summed E-state index contributed by atoms with van der Waals surface area (Å²) in [7, 11) is 1.49. The minimum Gasteiger partial charge on any atom is -0.493 e. The van der Waals surface area contributed by atoms with Crippen molar-refractivity contribution in [3.63, 3.8) is 0 Å². The number of aryl methyl sites for hydroxylation is 1. The number of amides is 2. The number of hydrogen-bond donors (Lipinski definition) is 4. The van der Waals surface area contributed by atoms with E-state index in [4.69, 9.17) is 9.47 Å². The van der Waals surface area contributed by atoms with Crippen molar-refractivity contribution in [1.82, 2.24) is 10.6 Å². The summed E-state index contributed by atoms with van der Waals surface area (Å²) in [6.45, 7) is 3.88. The molecule has 1 aliphatic carbocycles. The molecule has 0 spiro atoms. The fourth-order valence-corrected chi connectivity index (χ4v) is 4.70. The van der Waals surface area contributed by atoms with Gasteiger partial charge in [-0.25, -0.2) is 0 Å². The first-order valence-electron chi connectivity index (χ1n) is 12.5. The maximum atomic E-state index is 13.3. The first kappa shape index (κ1) is 27.6. The molecule has 3 atom stereocenters. The Morgan fingerprint density at radius 1 is 1.03 bits per heavy atom. The number of nitrogens with one attached hydrogen (secondary N) is 2. The standard InChI is InChI=1S/C27H37BN2O6/c1-17(2)12-25(28(33)34)30-27(32)22(13-18-8-6-5-7-9-18)29-26(31)20-11-10-19-15-23(35-3)24(36-4)16-21(19)14-20/h5-9,15-17,20,22,25,33-34H,10-14H2,1-4H3,(H,29,31)(H,30,32)/t20?,22-,25-/m0/s1. The zero-order valence-corrected chi connectivity index (χ0v) is 21.5. The molecule has 194 valence electrons. The number of fused-ring (bicyclic) bond motifs is 1.